The second-order valence-electron chi connectivity index (χ2n) is 3.00. The third kappa shape index (κ3) is 1.70. The summed E-state index contributed by atoms with van der Waals surface area (Å²) >= 11 is 1.71. The Morgan fingerprint density at radius 1 is 1.29 bits per heavy atom. The number of fused-ring (bicyclic) bond motifs is 1. The van der Waals surface area contributed by atoms with Crippen molar-refractivity contribution < 1.29 is 0 Å². The predicted octanol–water partition coefficient (Wildman–Crippen LogP) is 1.67. The van der Waals surface area contributed by atoms with Crippen LogP contribution in [-0.2, 0) is 6.54 Å². The van der Waals surface area contributed by atoms with Gasteiger partial charge in [0.25, 0.3) is 0 Å². The fraction of sp³-hybridized carbons (Fsp3) is 0.100. The quantitative estimate of drug-likeness (QED) is 0.578. The number of guanidine groups is 1. The van der Waals surface area contributed by atoms with Crippen molar-refractivity contribution in [2.75, 3.05) is 0 Å². The zero-order chi connectivity index (χ0) is 9.97. The van der Waals surface area contributed by atoms with Gasteiger partial charge in [0.2, 0.25) is 0 Å². The van der Waals surface area contributed by atoms with Gasteiger partial charge in [-0.05, 0) is 22.4 Å². The molecular formula is C10H11N3S. The molecule has 0 bridgehead atoms. The minimum Gasteiger partial charge on any atom is -0.370 e. The van der Waals surface area contributed by atoms with Gasteiger partial charge in [0.05, 0.1) is 6.54 Å². The number of hydrogen-bond donors (Lipinski definition) is 2. The third-order valence-electron chi connectivity index (χ3n) is 1.99. The maximum absolute atomic E-state index is 5.28. The van der Waals surface area contributed by atoms with Crippen molar-refractivity contribution in [3.05, 3.63) is 35.2 Å². The molecule has 0 aliphatic heterocycles. The van der Waals surface area contributed by atoms with Gasteiger partial charge in [-0.15, -0.1) is 11.3 Å². The van der Waals surface area contributed by atoms with Crippen LogP contribution < -0.4 is 11.5 Å². The number of nitrogens with zero attached hydrogens (tertiary/aromatic N) is 1. The van der Waals surface area contributed by atoms with Crippen LogP contribution in [0.3, 0.4) is 0 Å². The average molecular weight is 205 g/mol. The lowest BCUT2D eigenvalue weighted by molar-refractivity contribution is 1.07. The number of hydrogen-bond acceptors (Lipinski definition) is 2. The van der Waals surface area contributed by atoms with E-state index in [0.717, 1.165) is 0 Å². The molecule has 0 saturated heterocycles. The van der Waals surface area contributed by atoms with Gasteiger partial charge in [-0.3, -0.25) is 0 Å². The van der Waals surface area contributed by atoms with E-state index in [2.05, 4.69) is 22.5 Å². The standard InChI is InChI=1S/C10H11N3S/c11-10(12)13-5-7-6-14-9-4-2-1-3-8(7)9/h1-4,6H,5H2,(H4,11,12,13). The van der Waals surface area contributed by atoms with Crippen molar-refractivity contribution in [3.63, 3.8) is 0 Å². The number of benzene rings is 1. The fourth-order valence-corrected chi connectivity index (χ4v) is 2.29. The van der Waals surface area contributed by atoms with E-state index in [4.69, 9.17) is 11.5 Å². The van der Waals surface area contributed by atoms with Crippen molar-refractivity contribution >= 4 is 27.4 Å². The van der Waals surface area contributed by atoms with E-state index in [1.807, 2.05) is 12.1 Å². The molecular weight excluding hydrogens is 194 g/mol. The SMILES string of the molecule is NC(N)=NCc1csc2ccccc12. The van der Waals surface area contributed by atoms with E-state index in [1.54, 1.807) is 11.3 Å². The summed E-state index contributed by atoms with van der Waals surface area (Å²) < 4.78 is 1.27. The highest BCUT2D eigenvalue weighted by atomic mass is 32.1. The molecule has 3 nitrogen and oxygen atoms in total. The van der Waals surface area contributed by atoms with Gasteiger partial charge in [-0.25, -0.2) is 4.99 Å². The molecule has 0 unspecified atom stereocenters. The Balaban J connectivity index is 2.38. The molecule has 4 N–H and O–H groups in total. The summed E-state index contributed by atoms with van der Waals surface area (Å²) in [6, 6.07) is 8.24. The number of aliphatic imine (C=N–C) groups is 1. The van der Waals surface area contributed by atoms with Crippen LogP contribution in [0.4, 0.5) is 0 Å². The van der Waals surface area contributed by atoms with Crippen molar-refractivity contribution in [3.8, 4) is 0 Å². The summed E-state index contributed by atoms with van der Waals surface area (Å²) in [5.41, 5.74) is 11.7. The summed E-state index contributed by atoms with van der Waals surface area (Å²) in [7, 11) is 0. The molecule has 1 heterocycles. The molecule has 14 heavy (non-hydrogen) atoms. The van der Waals surface area contributed by atoms with Gasteiger partial charge < -0.3 is 11.5 Å². The van der Waals surface area contributed by atoms with Crippen LogP contribution >= 0.6 is 11.3 Å². The Morgan fingerprint density at radius 3 is 2.86 bits per heavy atom. The summed E-state index contributed by atoms with van der Waals surface area (Å²) in [4.78, 5) is 4.00. The molecule has 0 saturated carbocycles. The van der Waals surface area contributed by atoms with Crippen molar-refractivity contribution in [2.24, 2.45) is 16.5 Å². The Morgan fingerprint density at radius 2 is 2.07 bits per heavy atom. The summed E-state index contributed by atoms with van der Waals surface area (Å²) in [5.74, 6) is 0.139. The normalized spacial score (nSPS) is 10.3. The molecule has 0 fully saturated rings. The van der Waals surface area contributed by atoms with Gasteiger partial charge in [0.1, 0.15) is 0 Å². The Labute approximate surface area is 86.1 Å². The van der Waals surface area contributed by atoms with Crippen molar-refractivity contribution in [1.29, 1.82) is 0 Å². The summed E-state index contributed by atoms with van der Waals surface area (Å²) in [6.45, 7) is 0.562. The Hall–Kier alpha value is -1.55. The second kappa shape index (κ2) is 3.67. The maximum atomic E-state index is 5.28. The smallest absolute Gasteiger partial charge is 0.186 e. The van der Waals surface area contributed by atoms with Crippen LogP contribution in [0.25, 0.3) is 10.1 Å². The van der Waals surface area contributed by atoms with E-state index >= 15 is 0 Å². The Bertz CT molecular complexity index is 469. The first-order valence-corrected chi connectivity index (χ1v) is 5.16. The van der Waals surface area contributed by atoms with Gasteiger partial charge >= 0.3 is 0 Å². The molecule has 0 radical (unpaired) electrons. The molecule has 0 aliphatic carbocycles. The van der Waals surface area contributed by atoms with Crippen LogP contribution in [0.5, 0.6) is 0 Å². The second-order valence-corrected chi connectivity index (χ2v) is 3.91. The van der Waals surface area contributed by atoms with Gasteiger partial charge in [0.15, 0.2) is 5.96 Å². The molecule has 4 heteroatoms. The third-order valence-corrected chi connectivity index (χ3v) is 3.01. The van der Waals surface area contributed by atoms with Crippen molar-refractivity contribution in [2.45, 2.75) is 6.54 Å². The minimum absolute atomic E-state index is 0.139. The first-order valence-electron chi connectivity index (χ1n) is 4.28. The summed E-state index contributed by atoms with van der Waals surface area (Å²) in [5, 5.41) is 3.33. The van der Waals surface area contributed by atoms with Gasteiger partial charge in [-0.1, -0.05) is 18.2 Å². The lowest BCUT2D eigenvalue weighted by Crippen LogP contribution is -2.22. The lowest BCUT2D eigenvalue weighted by Gasteiger charge is -1.94. The van der Waals surface area contributed by atoms with Crippen LogP contribution in [0, 0.1) is 0 Å². The zero-order valence-corrected chi connectivity index (χ0v) is 8.42. The largest absolute Gasteiger partial charge is 0.370 e. The van der Waals surface area contributed by atoms with Crippen LogP contribution in [0.2, 0.25) is 0 Å². The van der Waals surface area contributed by atoms with E-state index in [9.17, 15) is 0 Å². The molecule has 2 rings (SSSR count). The highest BCUT2D eigenvalue weighted by Gasteiger charge is 2.01. The number of thiophene rings is 1. The van der Waals surface area contributed by atoms with Crippen molar-refractivity contribution in [1.82, 2.24) is 0 Å². The fourth-order valence-electron chi connectivity index (χ4n) is 1.33. The summed E-state index contributed by atoms with van der Waals surface area (Å²) in [6.07, 6.45) is 0. The minimum atomic E-state index is 0.139. The molecule has 1 aromatic heterocycles. The molecule has 0 atom stereocenters. The molecule has 0 amide bonds. The van der Waals surface area contributed by atoms with E-state index in [-0.39, 0.29) is 5.96 Å². The first-order chi connectivity index (χ1) is 6.77. The highest BCUT2D eigenvalue weighted by molar-refractivity contribution is 7.17. The van der Waals surface area contributed by atoms with Gasteiger partial charge in [-0.2, -0.15) is 0 Å². The highest BCUT2D eigenvalue weighted by Crippen LogP contribution is 2.25. The molecule has 0 spiro atoms. The van der Waals surface area contributed by atoms with Crippen LogP contribution in [0.15, 0.2) is 34.6 Å². The maximum Gasteiger partial charge on any atom is 0.186 e. The average Bonchev–Trinajstić information content (AvgIpc) is 2.58. The zero-order valence-electron chi connectivity index (χ0n) is 7.60. The number of rotatable bonds is 2. The first kappa shape index (κ1) is 9.02. The Kier molecular flexibility index (Phi) is 2.37. The monoisotopic (exact) mass is 205 g/mol. The van der Waals surface area contributed by atoms with E-state index in [0.29, 0.717) is 6.54 Å². The topological polar surface area (TPSA) is 64.4 Å². The van der Waals surface area contributed by atoms with E-state index < -0.39 is 0 Å². The molecule has 72 valence electrons. The van der Waals surface area contributed by atoms with E-state index in [1.165, 1.54) is 15.6 Å². The number of nitrogens with two attached hydrogens (primary N) is 2. The van der Waals surface area contributed by atoms with Crippen LogP contribution in [-0.4, -0.2) is 5.96 Å². The van der Waals surface area contributed by atoms with Gasteiger partial charge in [0, 0.05) is 4.70 Å². The molecule has 0 aliphatic rings. The van der Waals surface area contributed by atoms with Crippen LogP contribution in [0.1, 0.15) is 5.56 Å². The molecule has 2 aromatic rings. The predicted molar refractivity (Wildman–Crippen MR) is 61.3 cm³/mol. The molecule has 1 aromatic carbocycles. The lowest BCUT2D eigenvalue weighted by atomic mass is 10.2.